The van der Waals surface area contributed by atoms with Gasteiger partial charge in [-0.05, 0) is 24.0 Å². The van der Waals surface area contributed by atoms with Crippen molar-refractivity contribution in [2.24, 2.45) is 5.92 Å². The maximum absolute atomic E-state index is 12.2. The van der Waals surface area contributed by atoms with Crippen LogP contribution in [0.5, 0.6) is 0 Å². The van der Waals surface area contributed by atoms with E-state index in [1.807, 2.05) is 24.3 Å². The highest BCUT2D eigenvalue weighted by Crippen LogP contribution is 2.21. The van der Waals surface area contributed by atoms with Gasteiger partial charge in [-0.25, -0.2) is 0 Å². The van der Waals surface area contributed by atoms with Crippen LogP contribution < -0.4 is 5.32 Å². The quantitative estimate of drug-likeness (QED) is 0.907. The summed E-state index contributed by atoms with van der Waals surface area (Å²) in [5.41, 5.74) is 1.80. The van der Waals surface area contributed by atoms with Crippen LogP contribution in [0.1, 0.15) is 32.3 Å². The zero-order valence-electron chi connectivity index (χ0n) is 11.5. The standard InChI is InChI=1S/C15H20N2O2/c1-11(2)7-8-15(19)17-9-12-5-3-4-6-13(12)16-14(18)10-17/h3-6,11H,7-10H2,1-2H3,(H,16,18). The molecule has 2 rings (SSSR count). The molecule has 1 aromatic carbocycles. The van der Waals surface area contributed by atoms with Gasteiger partial charge in [0.15, 0.2) is 0 Å². The third-order valence-electron chi connectivity index (χ3n) is 3.28. The molecule has 0 aliphatic carbocycles. The maximum Gasteiger partial charge on any atom is 0.244 e. The molecule has 1 aromatic rings. The van der Waals surface area contributed by atoms with Gasteiger partial charge in [0.1, 0.15) is 6.54 Å². The van der Waals surface area contributed by atoms with Crippen LogP contribution in [0.4, 0.5) is 5.69 Å². The number of para-hydroxylation sites is 1. The zero-order chi connectivity index (χ0) is 13.8. The normalized spacial score (nSPS) is 14.9. The molecule has 102 valence electrons. The summed E-state index contributed by atoms with van der Waals surface area (Å²) >= 11 is 0. The summed E-state index contributed by atoms with van der Waals surface area (Å²) < 4.78 is 0. The molecule has 19 heavy (non-hydrogen) atoms. The smallest absolute Gasteiger partial charge is 0.244 e. The molecular weight excluding hydrogens is 240 g/mol. The first-order chi connectivity index (χ1) is 9.06. The summed E-state index contributed by atoms with van der Waals surface area (Å²) in [6.07, 6.45) is 1.37. The summed E-state index contributed by atoms with van der Waals surface area (Å²) in [4.78, 5) is 25.6. The number of nitrogens with zero attached hydrogens (tertiary/aromatic N) is 1. The van der Waals surface area contributed by atoms with Crippen molar-refractivity contribution in [2.45, 2.75) is 33.2 Å². The lowest BCUT2D eigenvalue weighted by Gasteiger charge is -2.20. The lowest BCUT2D eigenvalue weighted by Crippen LogP contribution is -2.35. The Hall–Kier alpha value is -1.84. The van der Waals surface area contributed by atoms with Gasteiger partial charge in [0, 0.05) is 18.7 Å². The van der Waals surface area contributed by atoms with Crippen LogP contribution in [0.2, 0.25) is 0 Å². The Morgan fingerprint density at radius 3 is 2.79 bits per heavy atom. The number of benzene rings is 1. The number of hydrogen-bond acceptors (Lipinski definition) is 2. The van der Waals surface area contributed by atoms with Gasteiger partial charge in [-0.3, -0.25) is 9.59 Å². The van der Waals surface area contributed by atoms with Crippen molar-refractivity contribution < 1.29 is 9.59 Å². The highest BCUT2D eigenvalue weighted by atomic mass is 16.2. The van der Waals surface area contributed by atoms with Gasteiger partial charge in [-0.1, -0.05) is 32.0 Å². The monoisotopic (exact) mass is 260 g/mol. The van der Waals surface area contributed by atoms with Gasteiger partial charge in [0.2, 0.25) is 11.8 Å². The molecule has 0 unspecified atom stereocenters. The molecule has 1 aliphatic rings. The van der Waals surface area contributed by atoms with Crippen molar-refractivity contribution >= 4 is 17.5 Å². The molecule has 4 nitrogen and oxygen atoms in total. The predicted molar refractivity (Wildman–Crippen MR) is 74.6 cm³/mol. The number of rotatable bonds is 3. The maximum atomic E-state index is 12.2. The second kappa shape index (κ2) is 5.87. The minimum absolute atomic E-state index is 0.0561. The Morgan fingerprint density at radius 2 is 2.05 bits per heavy atom. The highest BCUT2D eigenvalue weighted by Gasteiger charge is 2.22. The summed E-state index contributed by atoms with van der Waals surface area (Å²) in [6.45, 7) is 4.84. The van der Waals surface area contributed by atoms with E-state index in [1.165, 1.54) is 0 Å². The molecule has 0 radical (unpaired) electrons. The molecule has 0 saturated carbocycles. The second-order valence-electron chi connectivity index (χ2n) is 5.39. The number of amides is 2. The first kappa shape index (κ1) is 13.6. The summed E-state index contributed by atoms with van der Waals surface area (Å²) in [5, 5.41) is 2.84. The topological polar surface area (TPSA) is 49.4 Å². The average molecular weight is 260 g/mol. The number of carbonyl (C=O) groups excluding carboxylic acids is 2. The van der Waals surface area contributed by atoms with Crippen LogP contribution in [-0.2, 0) is 16.1 Å². The van der Waals surface area contributed by atoms with E-state index >= 15 is 0 Å². The first-order valence-corrected chi connectivity index (χ1v) is 6.72. The molecule has 0 atom stereocenters. The SMILES string of the molecule is CC(C)CCC(=O)N1CC(=O)Nc2ccccc2C1. The fourth-order valence-electron chi connectivity index (χ4n) is 2.15. The van der Waals surface area contributed by atoms with Crippen LogP contribution >= 0.6 is 0 Å². The number of anilines is 1. The minimum atomic E-state index is -0.122. The fraction of sp³-hybridized carbons (Fsp3) is 0.467. The number of carbonyl (C=O) groups is 2. The van der Waals surface area contributed by atoms with Crippen LogP contribution in [0.15, 0.2) is 24.3 Å². The molecule has 0 saturated heterocycles. The third kappa shape index (κ3) is 3.56. The minimum Gasteiger partial charge on any atom is -0.329 e. The Bertz CT molecular complexity index is 483. The molecule has 1 aliphatic heterocycles. The zero-order valence-corrected chi connectivity index (χ0v) is 11.5. The second-order valence-corrected chi connectivity index (χ2v) is 5.39. The lowest BCUT2D eigenvalue weighted by atomic mass is 10.1. The van der Waals surface area contributed by atoms with Crippen molar-refractivity contribution in [1.82, 2.24) is 4.90 Å². The fourth-order valence-corrected chi connectivity index (χ4v) is 2.15. The Labute approximate surface area is 113 Å². The molecule has 0 fully saturated rings. The van der Waals surface area contributed by atoms with Gasteiger partial charge >= 0.3 is 0 Å². The van der Waals surface area contributed by atoms with Gasteiger partial charge in [0.05, 0.1) is 0 Å². The number of hydrogen-bond donors (Lipinski definition) is 1. The van der Waals surface area contributed by atoms with Crippen LogP contribution in [0, 0.1) is 5.92 Å². The van der Waals surface area contributed by atoms with Crippen molar-refractivity contribution in [3.05, 3.63) is 29.8 Å². The first-order valence-electron chi connectivity index (χ1n) is 6.72. The number of nitrogens with one attached hydrogen (secondary N) is 1. The van der Waals surface area contributed by atoms with E-state index in [1.54, 1.807) is 4.90 Å². The van der Waals surface area contributed by atoms with E-state index in [9.17, 15) is 9.59 Å². The molecule has 1 heterocycles. The lowest BCUT2D eigenvalue weighted by molar-refractivity contribution is -0.135. The molecule has 0 aromatic heterocycles. The molecular formula is C15H20N2O2. The van der Waals surface area contributed by atoms with Crippen molar-refractivity contribution in [3.8, 4) is 0 Å². The summed E-state index contributed by atoms with van der Waals surface area (Å²) in [6, 6.07) is 7.63. The predicted octanol–water partition coefficient (Wildman–Crippen LogP) is 2.40. The molecule has 4 heteroatoms. The molecule has 0 spiro atoms. The average Bonchev–Trinajstić information content (AvgIpc) is 2.53. The van der Waals surface area contributed by atoms with Gasteiger partial charge in [0.25, 0.3) is 0 Å². The van der Waals surface area contributed by atoms with Crippen LogP contribution in [0.25, 0.3) is 0 Å². The number of fused-ring (bicyclic) bond motifs is 1. The van der Waals surface area contributed by atoms with Crippen molar-refractivity contribution in [1.29, 1.82) is 0 Å². The van der Waals surface area contributed by atoms with Crippen molar-refractivity contribution in [2.75, 3.05) is 11.9 Å². The van der Waals surface area contributed by atoms with E-state index in [2.05, 4.69) is 19.2 Å². The van der Waals surface area contributed by atoms with Gasteiger partial charge in [-0.2, -0.15) is 0 Å². The van der Waals surface area contributed by atoms with Gasteiger partial charge < -0.3 is 10.2 Å². The molecule has 1 N–H and O–H groups in total. The third-order valence-corrected chi connectivity index (χ3v) is 3.28. The van der Waals surface area contributed by atoms with E-state index in [0.29, 0.717) is 18.9 Å². The Balaban J connectivity index is 2.10. The Morgan fingerprint density at radius 1 is 1.32 bits per heavy atom. The van der Waals surface area contributed by atoms with E-state index in [0.717, 1.165) is 17.7 Å². The van der Waals surface area contributed by atoms with E-state index in [-0.39, 0.29) is 18.4 Å². The molecule has 0 bridgehead atoms. The summed E-state index contributed by atoms with van der Waals surface area (Å²) in [7, 11) is 0. The van der Waals surface area contributed by atoms with E-state index in [4.69, 9.17) is 0 Å². The molecule has 2 amide bonds. The highest BCUT2D eigenvalue weighted by molar-refractivity contribution is 5.96. The Kier molecular flexibility index (Phi) is 4.20. The van der Waals surface area contributed by atoms with Crippen LogP contribution in [-0.4, -0.2) is 23.3 Å². The summed E-state index contributed by atoms with van der Waals surface area (Å²) in [5.74, 6) is 0.431. The largest absolute Gasteiger partial charge is 0.329 e. The van der Waals surface area contributed by atoms with Crippen molar-refractivity contribution in [3.63, 3.8) is 0 Å². The van der Waals surface area contributed by atoms with Crippen LogP contribution in [0.3, 0.4) is 0 Å². The van der Waals surface area contributed by atoms with E-state index < -0.39 is 0 Å². The van der Waals surface area contributed by atoms with Gasteiger partial charge in [-0.15, -0.1) is 0 Å².